The van der Waals surface area contributed by atoms with Crippen LogP contribution in [0.5, 0.6) is 0 Å². The summed E-state index contributed by atoms with van der Waals surface area (Å²) in [5.41, 5.74) is 2.44. The maximum absolute atomic E-state index is 4.06. The van der Waals surface area contributed by atoms with Gasteiger partial charge in [-0.25, -0.2) is 0 Å². The van der Waals surface area contributed by atoms with Crippen molar-refractivity contribution in [1.82, 2.24) is 10.3 Å². The second-order valence-corrected chi connectivity index (χ2v) is 3.93. The monoisotopic (exact) mass is 236 g/mol. The predicted molar refractivity (Wildman–Crippen MR) is 74.0 cm³/mol. The van der Waals surface area contributed by atoms with Gasteiger partial charge in [0.1, 0.15) is 0 Å². The fourth-order valence-corrected chi connectivity index (χ4v) is 1.87. The van der Waals surface area contributed by atoms with E-state index in [1.54, 1.807) is 0 Å². The summed E-state index contributed by atoms with van der Waals surface area (Å²) < 4.78 is 0. The van der Waals surface area contributed by atoms with E-state index >= 15 is 0 Å². The lowest BCUT2D eigenvalue weighted by Gasteiger charge is -2.18. The molecule has 2 rings (SSSR count). The molecule has 18 heavy (non-hydrogen) atoms. The molecule has 0 bridgehead atoms. The minimum Gasteiger partial charge on any atom is -0.295 e. The van der Waals surface area contributed by atoms with Gasteiger partial charge in [0.15, 0.2) is 0 Å². The van der Waals surface area contributed by atoms with Crippen molar-refractivity contribution in [1.29, 1.82) is 0 Å². The molecule has 1 aromatic heterocycles. The number of hydrogen-bond acceptors (Lipinski definition) is 2. The predicted octanol–water partition coefficient (Wildman–Crippen LogP) is 2.78. The summed E-state index contributed by atoms with van der Waals surface area (Å²) in [5.74, 6) is 5.94. The minimum absolute atomic E-state index is 0.162. The lowest BCUT2D eigenvalue weighted by Crippen LogP contribution is -2.22. The molecule has 0 fully saturated rings. The molecule has 1 N–H and O–H groups in total. The topological polar surface area (TPSA) is 24.9 Å². The van der Waals surface area contributed by atoms with Gasteiger partial charge in [-0.2, -0.15) is 0 Å². The Labute approximate surface area is 108 Å². The van der Waals surface area contributed by atoms with E-state index in [1.807, 2.05) is 37.5 Å². The Kier molecular flexibility index (Phi) is 4.52. The van der Waals surface area contributed by atoms with E-state index in [0.29, 0.717) is 6.54 Å². The summed E-state index contributed by atoms with van der Waals surface area (Å²) in [4.78, 5) is 4.06. The van der Waals surface area contributed by atoms with Crippen LogP contribution in [0, 0.1) is 11.8 Å². The number of benzene rings is 1. The smallest absolute Gasteiger partial charge is 0.0585 e. The third kappa shape index (κ3) is 3.19. The molecule has 1 aromatic carbocycles. The van der Waals surface area contributed by atoms with Gasteiger partial charge in [0.05, 0.1) is 12.6 Å². The first-order valence-electron chi connectivity index (χ1n) is 5.99. The average Bonchev–Trinajstić information content (AvgIpc) is 2.46. The van der Waals surface area contributed by atoms with Crippen LogP contribution < -0.4 is 5.32 Å². The van der Waals surface area contributed by atoms with Crippen LogP contribution in [0.4, 0.5) is 0 Å². The molecule has 0 amide bonds. The van der Waals surface area contributed by atoms with E-state index < -0.39 is 0 Å². The van der Waals surface area contributed by atoms with Crippen molar-refractivity contribution in [2.75, 3.05) is 6.54 Å². The van der Waals surface area contributed by atoms with Crippen molar-refractivity contribution in [3.05, 3.63) is 66.0 Å². The molecule has 0 saturated heterocycles. The maximum atomic E-state index is 4.06. The Morgan fingerprint density at radius 3 is 2.39 bits per heavy atom. The fourth-order valence-electron chi connectivity index (χ4n) is 1.87. The number of hydrogen-bond donors (Lipinski definition) is 1. The molecule has 1 unspecified atom stereocenters. The summed E-state index contributed by atoms with van der Waals surface area (Å²) >= 11 is 0. The van der Waals surface area contributed by atoms with E-state index in [1.165, 1.54) is 11.1 Å². The SMILES string of the molecule is CC#CCNC(c1ccccc1)c1ccncc1. The Bertz CT molecular complexity index is 484. The lowest BCUT2D eigenvalue weighted by molar-refractivity contribution is 0.658. The van der Waals surface area contributed by atoms with Gasteiger partial charge in [-0.05, 0) is 30.2 Å². The molecule has 0 aliphatic rings. The molecule has 1 atom stereocenters. The third-order valence-electron chi connectivity index (χ3n) is 2.74. The van der Waals surface area contributed by atoms with E-state index in [0.717, 1.165) is 0 Å². The summed E-state index contributed by atoms with van der Waals surface area (Å²) in [6.45, 7) is 2.53. The summed E-state index contributed by atoms with van der Waals surface area (Å²) in [5, 5.41) is 3.45. The van der Waals surface area contributed by atoms with Gasteiger partial charge in [0.2, 0.25) is 0 Å². The van der Waals surface area contributed by atoms with Crippen molar-refractivity contribution >= 4 is 0 Å². The second kappa shape index (κ2) is 6.58. The van der Waals surface area contributed by atoms with Gasteiger partial charge < -0.3 is 0 Å². The van der Waals surface area contributed by atoms with Gasteiger partial charge >= 0.3 is 0 Å². The molecule has 90 valence electrons. The highest BCUT2D eigenvalue weighted by Gasteiger charge is 2.11. The van der Waals surface area contributed by atoms with Crippen LogP contribution in [0.25, 0.3) is 0 Å². The molecular weight excluding hydrogens is 220 g/mol. The van der Waals surface area contributed by atoms with Crippen LogP contribution in [-0.4, -0.2) is 11.5 Å². The molecule has 0 saturated carbocycles. The Hall–Kier alpha value is -2.11. The van der Waals surface area contributed by atoms with E-state index in [4.69, 9.17) is 0 Å². The number of rotatable bonds is 4. The quantitative estimate of drug-likeness (QED) is 0.826. The Morgan fingerprint density at radius 2 is 1.72 bits per heavy atom. The zero-order valence-corrected chi connectivity index (χ0v) is 10.4. The van der Waals surface area contributed by atoms with E-state index in [2.05, 4.69) is 46.4 Å². The molecule has 0 spiro atoms. The summed E-state index contributed by atoms with van der Waals surface area (Å²) in [6.07, 6.45) is 3.64. The number of nitrogens with one attached hydrogen (secondary N) is 1. The van der Waals surface area contributed by atoms with Crippen LogP contribution >= 0.6 is 0 Å². The highest BCUT2D eigenvalue weighted by molar-refractivity contribution is 5.30. The van der Waals surface area contributed by atoms with Crippen LogP contribution in [0.3, 0.4) is 0 Å². The van der Waals surface area contributed by atoms with Crippen molar-refractivity contribution in [3.8, 4) is 11.8 Å². The highest BCUT2D eigenvalue weighted by atomic mass is 14.9. The number of aromatic nitrogens is 1. The summed E-state index contributed by atoms with van der Waals surface area (Å²) in [7, 11) is 0. The first-order valence-corrected chi connectivity index (χ1v) is 5.99. The molecule has 0 aliphatic carbocycles. The van der Waals surface area contributed by atoms with Gasteiger partial charge in [-0.3, -0.25) is 10.3 Å². The van der Waals surface area contributed by atoms with Crippen LogP contribution in [-0.2, 0) is 0 Å². The number of pyridine rings is 1. The second-order valence-electron chi connectivity index (χ2n) is 3.93. The molecular formula is C16H16N2. The van der Waals surface area contributed by atoms with E-state index in [9.17, 15) is 0 Å². The van der Waals surface area contributed by atoms with Crippen LogP contribution in [0.2, 0.25) is 0 Å². The molecule has 1 heterocycles. The van der Waals surface area contributed by atoms with E-state index in [-0.39, 0.29) is 6.04 Å². The zero-order valence-electron chi connectivity index (χ0n) is 10.4. The fraction of sp³-hybridized carbons (Fsp3) is 0.188. The Balaban J connectivity index is 2.25. The maximum Gasteiger partial charge on any atom is 0.0585 e. The number of nitrogens with zero attached hydrogens (tertiary/aromatic N) is 1. The van der Waals surface area contributed by atoms with Crippen LogP contribution in [0.1, 0.15) is 24.1 Å². The molecule has 2 nitrogen and oxygen atoms in total. The van der Waals surface area contributed by atoms with Gasteiger partial charge in [-0.1, -0.05) is 36.3 Å². The molecule has 2 aromatic rings. The largest absolute Gasteiger partial charge is 0.295 e. The first kappa shape index (κ1) is 12.3. The van der Waals surface area contributed by atoms with Crippen molar-refractivity contribution in [2.24, 2.45) is 0 Å². The van der Waals surface area contributed by atoms with Crippen LogP contribution in [0.15, 0.2) is 54.9 Å². The highest BCUT2D eigenvalue weighted by Crippen LogP contribution is 2.20. The van der Waals surface area contributed by atoms with Gasteiger partial charge in [-0.15, -0.1) is 5.92 Å². The lowest BCUT2D eigenvalue weighted by atomic mass is 10.00. The summed E-state index contributed by atoms with van der Waals surface area (Å²) in [6, 6.07) is 14.6. The average molecular weight is 236 g/mol. The Morgan fingerprint density at radius 1 is 1.06 bits per heavy atom. The van der Waals surface area contributed by atoms with Crippen molar-refractivity contribution in [3.63, 3.8) is 0 Å². The third-order valence-corrected chi connectivity index (χ3v) is 2.74. The standard InChI is InChI=1S/C16H16N2/c1-2-3-11-18-16(14-7-5-4-6-8-14)15-9-12-17-13-10-15/h4-10,12-13,16,18H,11H2,1H3. The molecule has 0 radical (unpaired) electrons. The zero-order chi connectivity index (χ0) is 12.6. The normalized spacial score (nSPS) is 11.4. The van der Waals surface area contributed by atoms with Gasteiger partial charge in [0.25, 0.3) is 0 Å². The van der Waals surface area contributed by atoms with Gasteiger partial charge in [0, 0.05) is 12.4 Å². The molecule has 0 aliphatic heterocycles. The van der Waals surface area contributed by atoms with Crippen molar-refractivity contribution in [2.45, 2.75) is 13.0 Å². The molecule has 2 heteroatoms. The van der Waals surface area contributed by atoms with Crippen molar-refractivity contribution < 1.29 is 0 Å². The minimum atomic E-state index is 0.162. The first-order chi connectivity index (χ1) is 8.92.